The van der Waals surface area contributed by atoms with Crippen LogP contribution in [0.4, 0.5) is 5.95 Å². The number of hydrogen-bond acceptors (Lipinski definition) is 4. The number of ether oxygens (including phenoxy) is 1. The van der Waals surface area contributed by atoms with E-state index in [-0.39, 0.29) is 0 Å². The van der Waals surface area contributed by atoms with E-state index in [0.29, 0.717) is 18.5 Å². The van der Waals surface area contributed by atoms with E-state index in [1.165, 1.54) is 19.3 Å². The molecular weight excluding hydrogens is 306 g/mol. The zero-order valence-corrected chi connectivity index (χ0v) is 13.1. The van der Waals surface area contributed by atoms with Gasteiger partial charge in [-0.2, -0.15) is 4.98 Å². The molecule has 5 heteroatoms. The normalized spacial score (nSPS) is 15.1. The fourth-order valence-corrected chi connectivity index (χ4v) is 2.38. The van der Waals surface area contributed by atoms with Crippen LogP contribution in [0.25, 0.3) is 0 Å². The van der Waals surface area contributed by atoms with Crippen molar-refractivity contribution in [1.29, 1.82) is 0 Å². The zero-order valence-electron chi connectivity index (χ0n) is 11.5. The summed E-state index contributed by atoms with van der Waals surface area (Å²) in [6.07, 6.45) is 7.74. The van der Waals surface area contributed by atoms with E-state index in [4.69, 9.17) is 4.74 Å². The molecule has 19 heavy (non-hydrogen) atoms. The molecule has 0 atom stereocenters. The van der Waals surface area contributed by atoms with Crippen molar-refractivity contribution in [3.8, 4) is 5.88 Å². The van der Waals surface area contributed by atoms with E-state index in [9.17, 15) is 0 Å². The van der Waals surface area contributed by atoms with Crippen molar-refractivity contribution >= 4 is 21.9 Å². The molecule has 1 aliphatic carbocycles. The largest absolute Gasteiger partial charge is 0.478 e. The third-order valence-corrected chi connectivity index (χ3v) is 3.94. The molecule has 1 saturated carbocycles. The highest BCUT2D eigenvalue weighted by Crippen LogP contribution is 2.28. The molecule has 0 unspecified atom stereocenters. The van der Waals surface area contributed by atoms with E-state index in [1.807, 2.05) is 6.07 Å². The molecule has 0 aliphatic heterocycles. The Hall–Kier alpha value is -0.840. The number of anilines is 1. The Bertz CT molecular complexity index is 385. The van der Waals surface area contributed by atoms with Crippen molar-refractivity contribution in [2.75, 3.05) is 23.4 Å². The van der Waals surface area contributed by atoms with Crippen molar-refractivity contribution < 1.29 is 4.74 Å². The molecule has 1 aromatic rings. The van der Waals surface area contributed by atoms with Gasteiger partial charge in [-0.15, -0.1) is 0 Å². The van der Waals surface area contributed by atoms with Gasteiger partial charge in [0, 0.05) is 30.2 Å². The lowest BCUT2D eigenvalue weighted by Crippen LogP contribution is -2.42. The highest BCUT2D eigenvalue weighted by atomic mass is 79.9. The van der Waals surface area contributed by atoms with Gasteiger partial charge in [0.15, 0.2) is 0 Å². The third-order valence-electron chi connectivity index (χ3n) is 3.38. The predicted octanol–water partition coefficient (Wildman–Crippen LogP) is 3.41. The molecule has 0 bridgehead atoms. The molecule has 106 valence electrons. The monoisotopic (exact) mass is 327 g/mol. The van der Waals surface area contributed by atoms with Gasteiger partial charge in [0.25, 0.3) is 0 Å². The summed E-state index contributed by atoms with van der Waals surface area (Å²) in [5, 5.41) is 1.02. The number of nitrogens with zero attached hydrogens (tertiary/aromatic N) is 3. The minimum absolute atomic E-state index is 0.612. The minimum atomic E-state index is 0.612. The van der Waals surface area contributed by atoms with E-state index < -0.39 is 0 Å². The summed E-state index contributed by atoms with van der Waals surface area (Å²) < 4.78 is 5.59. The van der Waals surface area contributed by atoms with E-state index >= 15 is 0 Å². The van der Waals surface area contributed by atoms with Crippen LogP contribution in [0.1, 0.15) is 39.0 Å². The van der Waals surface area contributed by atoms with Crippen LogP contribution in [-0.2, 0) is 0 Å². The summed E-state index contributed by atoms with van der Waals surface area (Å²) in [6.45, 7) is 3.81. The lowest BCUT2D eigenvalue weighted by molar-refractivity contribution is 0.303. The van der Waals surface area contributed by atoms with Crippen LogP contribution >= 0.6 is 15.9 Å². The van der Waals surface area contributed by atoms with Crippen LogP contribution < -0.4 is 9.64 Å². The summed E-state index contributed by atoms with van der Waals surface area (Å²) in [5.74, 6) is 1.51. The number of halogens is 1. The van der Waals surface area contributed by atoms with Crippen molar-refractivity contribution in [2.24, 2.45) is 0 Å². The van der Waals surface area contributed by atoms with Gasteiger partial charge in [0.2, 0.25) is 11.8 Å². The van der Waals surface area contributed by atoms with Crippen molar-refractivity contribution in [3.63, 3.8) is 0 Å². The zero-order chi connectivity index (χ0) is 13.5. The Labute approximate surface area is 123 Å². The van der Waals surface area contributed by atoms with Gasteiger partial charge >= 0.3 is 0 Å². The second-order valence-corrected chi connectivity index (χ2v) is 5.66. The maximum atomic E-state index is 5.59. The summed E-state index contributed by atoms with van der Waals surface area (Å²) >= 11 is 3.50. The second-order valence-electron chi connectivity index (χ2n) is 4.86. The molecule has 1 fully saturated rings. The third kappa shape index (κ3) is 4.06. The number of rotatable bonds is 8. The van der Waals surface area contributed by atoms with Crippen LogP contribution in [0.3, 0.4) is 0 Å². The van der Waals surface area contributed by atoms with E-state index in [2.05, 4.69) is 37.7 Å². The van der Waals surface area contributed by atoms with Gasteiger partial charge in [-0.25, -0.2) is 4.98 Å². The van der Waals surface area contributed by atoms with Gasteiger partial charge in [0.05, 0.1) is 6.61 Å². The quantitative estimate of drug-likeness (QED) is 0.686. The highest BCUT2D eigenvalue weighted by Gasteiger charge is 2.26. The van der Waals surface area contributed by atoms with Gasteiger partial charge in [-0.05, 0) is 32.1 Å². The molecule has 1 heterocycles. The summed E-state index contributed by atoms with van der Waals surface area (Å²) in [5.41, 5.74) is 0. The first-order valence-corrected chi connectivity index (χ1v) is 8.25. The topological polar surface area (TPSA) is 38.2 Å². The second kappa shape index (κ2) is 7.68. The Kier molecular flexibility index (Phi) is 5.89. The van der Waals surface area contributed by atoms with E-state index in [0.717, 1.165) is 30.7 Å². The molecule has 0 spiro atoms. The van der Waals surface area contributed by atoms with E-state index in [1.54, 1.807) is 6.20 Å². The Morgan fingerprint density at radius 1 is 1.47 bits per heavy atom. The molecule has 0 aromatic carbocycles. The first-order valence-electron chi connectivity index (χ1n) is 7.13. The van der Waals surface area contributed by atoms with Crippen molar-refractivity contribution in [3.05, 3.63) is 12.3 Å². The Morgan fingerprint density at radius 3 is 2.95 bits per heavy atom. The summed E-state index contributed by atoms with van der Waals surface area (Å²) in [7, 11) is 0. The SMILES string of the molecule is CCCOc1ccnc(N(CCCBr)C2CCC2)n1. The minimum Gasteiger partial charge on any atom is -0.478 e. The molecule has 0 saturated heterocycles. The first kappa shape index (κ1) is 14.6. The average Bonchev–Trinajstić information content (AvgIpc) is 2.39. The standard InChI is InChI=1S/C14H22BrN3O/c1-2-11-19-13-7-9-16-14(17-13)18(10-4-8-15)12-5-3-6-12/h7,9,12H,2-6,8,10-11H2,1H3. The smallest absolute Gasteiger partial charge is 0.228 e. The lowest BCUT2D eigenvalue weighted by Gasteiger charge is -2.37. The fourth-order valence-electron chi connectivity index (χ4n) is 2.13. The first-order chi connectivity index (χ1) is 9.35. The Morgan fingerprint density at radius 2 is 2.32 bits per heavy atom. The van der Waals surface area contributed by atoms with Gasteiger partial charge in [-0.1, -0.05) is 22.9 Å². The molecule has 0 radical (unpaired) electrons. The predicted molar refractivity (Wildman–Crippen MR) is 81.2 cm³/mol. The highest BCUT2D eigenvalue weighted by molar-refractivity contribution is 9.09. The fraction of sp³-hybridized carbons (Fsp3) is 0.714. The van der Waals surface area contributed by atoms with Crippen LogP contribution in [-0.4, -0.2) is 34.5 Å². The molecule has 0 N–H and O–H groups in total. The number of hydrogen-bond donors (Lipinski definition) is 0. The molecule has 1 aromatic heterocycles. The molecule has 2 rings (SSSR count). The van der Waals surface area contributed by atoms with Crippen LogP contribution in [0.5, 0.6) is 5.88 Å². The Balaban J connectivity index is 2.06. The van der Waals surface area contributed by atoms with Gasteiger partial charge in [0.1, 0.15) is 0 Å². The average molecular weight is 328 g/mol. The molecule has 4 nitrogen and oxygen atoms in total. The number of alkyl halides is 1. The summed E-state index contributed by atoms with van der Waals surface area (Å²) in [6, 6.07) is 2.45. The molecule has 0 amide bonds. The maximum absolute atomic E-state index is 5.59. The van der Waals surface area contributed by atoms with Crippen LogP contribution in [0.15, 0.2) is 12.3 Å². The van der Waals surface area contributed by atoms with Gasteiger partial charge < -0.3 is 9.64 Å². The lowest BCUT2D eigenvalue weighted by atomic mass is 9.91. The molecule has 1 aliphatic rings. The molecular formula is C14H22BrN3O. The van der Waals surface area contributed by atoms with Crippen molar-refractivity contribution in [2.45, 2.75) is 45.1 Å². The maximum Gasteiger partial charge on any atom is 0.228 e. The van der Waals surface area contributed by atoms with Gasteiger partial charge in [-0.3, -0.25) is 0 Å². The number of aromatic nitrogens is 2. The summed E-state index contributed by atoms with van der Waals surface area (Å²) in [4.78, 5) is 11.3. The van der Waals surface area contributed by atoms with Crippen LogP contribution in [0, 0.1) is 0 Å². The van der Waals surface area contributed by atoms with Crippen molar-refractivity contribution in [1.82, 2.24) is 9.97 Å². The van der Waals surface area contributed by atoms with Crippen LogP contribution in [0.2, 0.25) is 0 Å².